The Morgan fingerprint density at radius 2 is 1.79 bits per heavy atom. The van der Waals surface area contributed by atoms with Crippen LogP contribution >= 0.6 is 11.6 Å². The lowest BCUT2D eigenvalue weighted by atomic mass is 9.89. The van der Waals surface area contributed by atoms with Gasteiger partial charge in [-0.1, -0.05) is 41.9 Å². The number of piperidine rings is 1. The van der Waals surface area contributed by atoms with Crippen molar-refractivity contribution in [1.82, 2.24) is 10.2 Å². The minimum absolute atomic E-state index is 0.00982. The van der Waals surface area contributed by atoms with Crippen LogP contribution in [-0.4, -0.2) is 60.7 Å². The smallest absolute Gasteiger partial charge is 0.371 e. The Hall–Kier alpha value is -2.78. The molecule has 39 heavy (non-hydrogen) atoms. The summed E-state index contributed by atoms with van der Waals surface area (Å²) in [5.41, 5.74) is -2.56. The third-order valence-electron chi connectivity index (χ3n) is 8.17. The van der Waals surface area contributed by atoms with E-state index in [1.54, 1.807) is 6.07 Å². The fourth-order valence-electron chi connectivity index (χ4n) is 5.70. The Morgan fingerprint density at radius 3 is 2.36 bits per heavy atom. The third kappa shape index (κ3) is 5.89. The van der Waals surface area contributed by atoms with E-state index in [2.05, 4.69) is 10.2 Å². The van der Waals surface area contributed by atoms with Gasteiger partial charge in [0.15, 0.2) is 0 Å². The van der Waals surface area contributed by atoms with Gasteiger partial charge in [0, 0.05) is 44.0 Å². The van der Waals surface area contributed by atoms with Gasteiger partial charge in [-0.2, -0.15) is 13.2 Å². The van der Waals surface area contributed by atoms with Crippen molar-refractivity contribution in [3.63, 3.8) is 0 Å². The van der Waals surface area contributed by atoms with Gasteiger partial charge < -0.3 is 20.2 Å². The fraction of sp³-hybridized carbons (Fsp3) is 0.517. The average molecular weight is 566 g/mol. The lowest BCUT2D eigenvalue weighted by molar-refractivity contribution is -0.261. The Labute approximate surface area is 232 Å². The van der Waals surface area contributed by atoms with E-state index in [4.69, 9.17) is 11.6 Å². The van der Waals surface area contributed by atoms with E-state index in [1.165, 1.54) is 25.2 Å². The third-order valence-corrected chi connectivity index (χ3v) is 8.48. The van der Waals surface area contributed by atoms with Crippen LogP contribution in [-0.2, 0) is 10.4 Å². The van der Waals surface area contributed by atoms with Gasteiger partial charge in [0.25, 0.3) is 17.4 Å². The van der Waals surface area contributed by atoms with Crippen molar-refractivity contribution in [3.8, 4) is 0 Å². The zero-order chi connectivity index (χ0) is 28.6. The average Bonchev–Trinajstić information content (AvgIpc) is 3.57. The minimum Gasteiger partial charge on any atom is -0.371 e. The SMILES string of the molecule is CC(C)NC(=O)c1ccc(N2CCC3(CC2)CC3CCN(C)C(=O)[C@](O)(c2ccccc2)C(F)(F)F)cc1Cl. The number of halogens is 4. The van der Waals surface area contributed by atoms with E-state index in [9.17, 15) is 27.9 Å². The fourth-order valence-corrected chi connectivity index (χ4v) is 5.96. The van der Waals surface area contributed by atoms with Gasteiger partial charge >= 0.3 is 6.18 Å². The molecule has 6 nitrogen and oxygen atoms in total. The zero-order valence-corrected chi connectivity index (χ0v) is 23.1. The maximum absolute atomic E-state index is 13.9. The quantitative estimate of drug-likeness (QED) is 0.451. The van der Waals surface area contributed by atoms with Crippen molar-refractivity contribution in [2.45, 2.75) is 57.3 Å². The van der Waals surface area contributed by atoms with Crippen LogP contribution in [0.4, 0.5) is 18.9 Å². The summed E-state index contributed by atoms with van der Waals surface area (Å²) in [6.07, 6.45) is -1.73. The van der Waals surface area contributed by atoms with Crippen molar-refractivity contribution in [2.24, 2.45) is 11.3 Å². The number of anilines is 1. The number of likely N-dealkylation sites (N-methyl/N-ethyl adjacent to an activating group) is 1. The summed E-state index contributed by atoms with van der Waals surface area (Å²) in [7, 11) is 1.31. The summed E-state index contributed by atoms with van der Waals surface area (Å²) < 4.78 is 41.6. The van der Waals surface area contributed by atoms with E-state index >= 15 is 0 Å². The number of aliphatic hydroxyl groups is 1. The van der Waals surface area contributed by atoms with Crippen LogP contribution in [0.3, 0.4) is 0 Å². The molecule has 0 aromatic heterocycles. The number of alkyl halides is 3. The molecule has 2 amide bonds. The first kappa shape index (κ1) is 29.2. The van der Waals surface area contributed by atoms with Crippen LogP contribution in [0.25, 0.3) is 0 Å². The van der Waals surface area contributed by atoms with Crippen LogP contribution in [0.15, 0.2) is 48.5 Å². The first-order valence-corrected chi connectivity index (χ1v) is 13.6. The molecule has 1 spiro atoms. The minimum atomic E-state index is -5.15. The lowest BCUT2D eigenvalue weighted by Crippen LogP contribution is -2.55. The number of carbonyl (C=O) groups excluding carboxylic acids is 2. The highest BCUT2D eigenvalue weighted by Gasteiger charge is 2.62. The second-order valence-corrected chi connectivity index (χ2v) is 11.5. The highest BCUT2D eigenvalue weighted by molar-refractivity contribution is 6.34. The molecule has 2 N–H and O–H groups in total. The second kappa shape index (κ2) is 11.0. The number of hydrogen-bond acceptors (Lipinski definition) is 4. The monoisotopic (exact) mass is 565 g/mol. The van der Waals surface area contributed by atoms with E-state index in [0.717, 1.165) is 55.1 Å². The molecule has 0 bridgehead atoms. The molecule has 2 aliphatic rings. The molecule has 2 aromatic carbocycles. The first-order chi connectivity index (χ1) is 18.3. The molecule has 4 rings (SSSR count). The highest BCUT2D eigenvalue weighted by atomic mass is 35.5. The number of nitrogens with one attached hydrogen (secondary N) is 1. The van der Waals surface area contributed by atoms with Crippen LogP contribution < -0.4 is 10.2 Å². The molecule has 212 valence electrons. The van der Waals surface area contributed by atoms with Gasteiger partial charge in [0.1, 0.15) is 0 Å². The standard InChI is InChI=1S/C29H35ClF3N3O3/c1-19(2)34-25(37)23-10-9-22(17-24(23)30)36-15-12-27(13-16-36)18-21(27)11-14-35(3)26(38)28(39,29(31,32)33)20-7-5-4-6-8-20/h4-10,17,19,21,39H,11-16,18H2,1-3H3,(H,34,37)/t21?,28-/m1/s1. The molecule has 2 fully saturated rings. The van der Waals surface area contributed by atoms with E-state index in [1.807, 2.05) is 26.0 Å². The van der Waals surface area contributed by atoms with Crippen molar-refractivity contribution in [1.29, 1.82) is 0 Å². The maximum atomic E-state index is 13.9. The molecule has 1 saturated carbocycles. The lowest BCUT2D eigenvalue weighted by Gasteiger charge is -2.35. The van der Waals surface area contributed by atoms with Gasteiger partial charge in [-0.3, -0.25) is 9.59 Å². The molecule has 1 saturated heterocycles. The van der Waals surface area contributed by atoms with E-state index in [-0.39, 0.29) is 23.9 Å². The first-order valence-electron chi connectivity index (χ1n) is 13.2. The number of hydrogen-bond donors (Lipinski definition) is 2. The van der Waals surface area contributed by atoms with Gasteiger partial charge in [-0.15, -0.1) is 0 Å². The van der Waals surface area contributed by atoms with Crippen molar-refractivity contribution < 1.29 is 27.9 Å². The Morgan fingerprint density at radius 1 is 1.15 bits per heavy atom. The van der Waals surface area contributed by atoms with Crippen LogP contribution in [0.2, 0.25) is 5.02 Å². The van der Waals surface area contributed by atoms with Gasteiger partial charge in [0.2, 0.25) is 0 Å². The topological polar surface area (TPSA) is 72.9 Å². The molecule has 1 unspecified atom stereocenters. The summed E-state index contributed by atoms with van der Waals surface area (Å²) in [5.74, 6) is -1.26. The normalized spacial score (nSPS) is 20.0. The van der Waals surface area contributed by atoms with Crippen molar-refractivity contribution in [2.75, 3.05) is 31.6 Å². The Balaban J connectivity index is 1.32. The molecule has 2 atom stereocenters. The highest BCUT2D eigenvalue weighted by Crippen LogP contribution is 2.61. The number of nitrogens with zero attached hydrogens (tertiary/aromatic N) is 2. The van der Waals surface area contributed by atoms with Gasteiger partial charge in [-0.25, -0.2) is 0 Å². The molecule has 0 radical (unpaired) electrons. The molecule has 1 aliphatic heterocycles. The van der Waals surface area contributed by atoms with Gasteiger partial charge in [0.05, 0.1) is 10.6 Å². The Bertz CT molecular complexity index is 1200. The summed E-state index contributed by atoms with van der Waals surface area (Å²) >= 11 is 6.41. The largest absolute Gasteiger partial charge is 0.430 e. The summed E-state index contributed by atoms with van der Waals surface area (Å²) in [6.45, 7) is 5.52. The summed E-state index contributed by atoms with van der Waals surface area (Å²) in [6, 6.07) is 12.0. The summed E-state index contributed by atoms with van der Waals surface area (Å²) in [5, 5.41) is 13.8. The van der Waals surface area contributed by atoms with Crippen LogP contribution in [0.1, 0.15) is 55.5 Å². The number of benzene rings is 2. The van der Waals surface area contributed by atoms with E-state index < -0.39 is 23.2 Å². The van der Waals surface area contributed by atoms with Crippen molar-refractivity contribution in [3.05, 3.63) is 64.7 Å². The zero-order valence-electron chi connectivity index (χ0n) is 22.4. The number of carbonyl (C=O) groups is 2. The van der Waals surface area contributed by atoms with E-state index in [0.29, 0.717) is 22.9 Å². The maximum Gasteiger partial charge on any atom is 0.430 e. The molecule has 2 aromatic rings. The predicted octanol–water partition coefficient (Wildman–Crippen LogP) is 5.38. The number of rotatable bonds is 8. The van der Waals surface area contributed by atoms with Gasteiger partial charge in [-0.05, 0) is 69.1 Å². The summed E-state index contributed by atoms with van der Waals surface area (Å²) in [4.78, 5) is 28.4. The van der Waals surface area contributed by atoms with Crippen LogP contribution in [0.5, 0.6) is 0 Å². The second-order valence-electron chi connectivity index (χ2n) is 11.1. The van der Waals surface area contributed by atoms with Crippen LogP contribution in [0, 0.1) is 11.3 Å². The predicted molar refractivity (Wildman–Crippen MR) is 145 cm³/mol. The Kier molecular flexibility index (Phi) is 8.24. The number of amides is 2. The molecular formula is C29H35ClF3N3O3. The molecule has 1 aliphatic carbocycles. The molecule has 10 heteroatoms. The molecule has 1 heterocycles. The van der Waals surface area contributed by atoms with Crippen molar-refractivity contribution >= 4 is 29.1 Å². The molecular weight excluding hydrogens is 531 g/mol.